The lowest BCUT2D eigenvalue weighted by Gasteiger charge is -2.11. The Morgan fingerprint density at radius 3 is 2.89 bits per heavy atom. The van der Waals surface area contributed by atoms with E-state index in [1.807, 2.05) is 19.1 Å². The van der Waals surface area contributed by atoms with Gasteiger partial charge in [-0.3, -0.25) is 4.98 Å². The Morgan fingerprint density at radius 2 is 2.22 bits per heavy atom. The number of pyridine rings is 1. The molecule has 18 heavy (non-hydrogen) atoms. The van der Waals surface area contributed by atoms with Crippen LogP contribution >= 0.6 is 0 Å². The molecule has 0 amide bonds. The number of para-hydroxylation sites is 1. The molecule has 2 aromatic rings. The molecule has 0 saturated heterocycles. The summed E-state index contributed by atoms with van der Waals surface area (Å²) in [7, 11) is 0. The standard InChI is InChI=1S/C13H14N2O3/c1-8-7-11(14-5-6-16)9-3-2-4-10(13(17)18)12(9)15-8/h2-4,7,16H,5-6H2,1H3,(H,14,15)(H,17,18). The molecule has 1 heterocycles. The summed E-state index contributed by atoms with van der Waals surface area (Å²) in [5, 5.41) is 21.8. The van der Waals surface area contributed by atoms with Gasteiger partial charge in [0.1, 0.15) is 0 Å². The third-order valence-electron chi connectivity index (χ3n) is 2.63. The maximum atomic E-state index is 11.2. The Bertz CT molecular complexity index is 596. The van der Waals surface area contributed by atoms with Gasteiger partial charge in [-0.1, -0.05) is 12.1 Å². The van der Waals surface area contributed by atoms with Crippen LogP contribution in [-0.4, -0.2) is 34.3 Å². The molecule has 0 radical (unpaired) electrons. The zero-order valence-corrected chi connectivity index (χ0v) is 9.97. The molecule has 0 aliphatic rings. The fourth-order valence-corrected chi connectivity index (χ4v) is 1.89. The molecule has 0 aliphatic heterocycles. The van der Waals surface area contributed by atoms with Gasteiger partial charge in [0.15, 0.2) is 0 Å². The van der Waals surface area contributed by atoms with Crippen LogP contribution in [0.3, 0.4) is 0 Å². The van der Waals surface area contributed by atoms with E-state index in [-0.39, 0.29) is 12.2 Å². The van der Waals surface area contributed by atoms with Crippen molar-refractivity contribution < 1.29 is 15.0 Å². The summed E-state index contributed by atoms with van der Waals surface area (Å²) in [4.78, 5) is 15.4. The largest absolute Gasteiger partial charge is 0.478 e. The topological polar surface area (TPSA) is 82.5 Å². The first-order valence-corrected chi connectivity index (χ1v) is 5.62. The second kappa shape index (κ2) is 5.01. The second-order valence-corrected chi connectivity index (χ2v) is 3.97. The Labute approximate surface area is 104 Å². The molecule has 2 rings (SSSR count). The third-order valence-corrected chi connectivity index (χ3v) is 2.63. The molecule has 5 nitrogen and oxygen atoms in total. The lowest BCUT2D eigenvalue weighted by molar-refractivity contribution is 0.0699. The first kappa shape index (κ1) is 12.3. The predicted molar refractivity (Wildman–Crippen MR) is 69.0 cm³/mol. The first-order chi connectivity index (χ1) is 8.63. The highest BCUT2D eigenvalue weighted by Crippen LogP contribution is 2.25. The van der Waals surface area contributed by atoms with Gasteiger partial charge in [-0.05, 0) is 19.1 Å². The Balaban J connectivity index is 2.65. The van der Waals surface area contributed by atoms with Gasteiger partial charge in [0.05, 0.1) is 17.7 Å². The molecule has 1 aromatic carbocycles. The molecule has 5 heteroatoms. The van der Waals surface area contributed by atoms with Gasteiger partial charge in [-0.2, -0.15) is 0 Å². The van der Waals surface area contributed by atoms with Crippen molar-refractivity contribution in [3.05, 3.63) is 35.5 Å². The first-order valence-electron chi connectivity index (χ1n) is 5.62. The van der Waals surface area contributed by atoms with E-state index in [1.54, 1.807) is 6.07 Å². The molecular formula is C13H14N2O3. The van der Waals surface area contributed by atoms with Crippen LogP contribution < -0.4 is 5.32 Å². The zero-order chi connectivity index (χ0) is 13.1. The average Bonchev–Trinajstić information content (AvgIpc) is 2.34. The maximum absolute atomic E-state index is 11.2. The van der Waals surface area contributed by atoms with Gasteiger partial charge in [0.25, 0.3) is 0 Å². The van der Waals surface area contributed by atoms with Gasteiger partial charge in [-0.15, -0.1) is 0 Å². The van der Waals surface area contributed by atoms with Crippen LogP contribution in [0, 0.1) is 6.92 Å². The van der Waals surface area contributed by atoms with E-state index in [2.05, 4.69) is 10.3 Å². The molecular weight excluding hydrogens is 232 g/mol. The summed E-state index contributed by atoms with van der Waals surface area (Å²) in [5.74, 6) is -0.994. The van der Waals surface area contributed by atoms with Crippen molar-refractivity contribution in [1.29, 1.82) is 0 Å². The SMILES string of the molecule is Cc1cc(NCCO)c2cccc(C(=O)O)c2n1. The quantitative estimate of drug-likeness (QED) is 0.764. The Kier molecular flexibility index (Phi) is 3.43. The summed E-state index contributed by atoms with van der Waals surface area (Å²) in [6.07, 6.45) is 0. The number of carbonyl (C=O) groups is 1. The number of aryl methyl sites for hydroxylation is 1. The summed E-state index contributed by atoms with van der Waals surface area (Å²) in [6.45, 7) is 2.24. The van der Waals surface area contributed by atoms with Crippen molar-refractivity contribution in [3.8, 4) is 0 Å². The van der Waals surface area contributed by atoms with Gasteiger partial charge < -0.3 is 15.5 Å². The number of aromatic nitrogens is 1. The minimum Gasteiger partial charge on any atom is -0.478 e. The van der Waals surface area contributed by atoms with E-state index in [0.717, 1.165) is 16.8 Å². The monoisotopic (exact) mass is 246 g/mol. The predicted octanol–water partition coefficient (Wildman–Crippen LogP) is 1.65. The molecule has 0 spiro atoms. The molecule has 94 valence electrons. The number of aromatic carboxylic acids is 1. The van der Waals surface area contributed by atoms with Crippen LogP contribution in [0.2, 0.25) is 0 Å². The van der Waals surface area contributed by atoms with Gasteiger partial charge >= 0.3 is 5.97 Å². The van der Waals surface area contributed by atoms with Crippen LogP contribution in [0.1, 0.15) is 16.1 Å². The minimum atomic E-state index is -0.994. The average molecular weight is 246 g/mol. The number of hydrogen-bond acceptors (Lipinski definition) is 4. The number of nitrogens with zero attached hydrogens (tertiary/aromatic N) is 1. The van der Waals surface area contributed by atoms with Crippen molar-refractivity contribution in [2.24, 2.45) is 0 Å². The molecule has 0 bridgehead atoms. The van der Waals surface area contributed by atoms with Crippen LogP contribution in [0.5, 0.6) is 0 Å². The molecule has 0 saturated carbocycles. The van der Waals surface area contributed by atoms with Crippen molar-refractivity contribution >= 4 is 22.6 Å². The number of fused-ring (bicyclic) bond motifs is 1. The number of benzene rings is 1. The lowest BCUT2D eigenvalue weighted by Crippen LogP contribution is -2.07. The fourth-order valence-electron chi connectivity index (χ4n) is 1.89. The number of aliphatic hydroxyl groups excluding tert-OH is 1. The van der Waals surface area contributed by atoms with Crippen molar-refractivity contribution in [2.75, 3.05) is 18.5 Å². The van der Waals surface area contributed by atoms with E-state index in [9.17, 15) is 4.79 Å². The normalized spacial score (nSPS) is 10.6. The summed E-state index contributed by atoms with van der Waals surface area (Å²) in [5.41, 5.74) is 2.17. The number of hydrogen-bond donors (Lipinski definition) is 3. The molecule has 1 aromatic heterocycles. The summed E-state index contributed by atoms with van der Waals surface area (Å²) in [6, 6.07) is 6.87. The second-order valence-electron chi connectivity index (χ2n) is 3.97. The number of rotatable bonds is 4. The number of carboxylic acids is 1. The maximum Gasteiger partial charge on any atom is 0.337 e. The zero-order valence-electron chi connectivity index (χ0n) is 9.97. The van der Waals surface area contributed by atoms with Crippen molar-refractivity contribution in [2.45, 2.75) is 6.92 Å². The highest BCUT2D eigenvalue weighted by atomic mass is 16.4. The van der Waals surface area contributed by atoms with E-state index in [1.165, 1.54) is 6.07 Å². The lowest BCUT2D eigenvalue weighted by atomic mass is 10.1. The van der Waals surface area contributed by atoms with E-state index < -0.39 is 5.97 Å². The van der Waals surface area contributed by atoms with Crippen LogP contribution in [0.15, 0.2) is 24.3 Å². The number of aliphatic hydroxyl groups is 1. The van der Waals surface area contributed by atoms with Crippen molar-refractivity contribution in [1.82, 2.24) is 4.98 Å². The van der Waals surface area contributed by atoms with Crippen molar-refractivity contribution in [3.63, 3.8) is 0 Å². The van der Waals surface area contributed by atoms with Crippen LogP contribution in [0.25, 0.3) is 10.9 Å². The summed E-state index contributed by atoms with van der Waals surface area (Å²) >= 11 is 0. The molecule has 0 fully saturated rings. The molecule has 3 N–H and O–H groups in total. The number of nitrogens with one attached hydrogen (secondary N) is 1. The Hall–Kier alpha value is -2.14. The molecule has 0 atom stereocenters. The smallest absolute Gasteiger partial charge is 0.337 e. The number of carboxylic acid groups (broad SMARTS) is 1. The highest BCUT2D eigenvalue weighted by Gasteiger charge is 2.12. The van der Waals surface area contributed by atoms with E-state index in [0.29, 0.717) is 12.1 Å². The minimum absolute atomic E-state index is 0.0154. The van der Waals surface area contributed by atoms with E-state index >= 15 is 0 Å². The van der Waals surface area contributed by atoms with Crippen LogP contribution in [0.4, 0.5) is 5.69 Å². The summed E-state index contributed by atoms with van der Waals surface area (Å²) < 4.78 is 0. The third kappa shape index (κ3) is 2.26. The highest BCUT2D eigenvalue weighted by molar-refractivity contribution is 6.05. The van der Waals surface area contributed by atoms with E-state index in [4.69, 9.17) is 10.2 Å². The van der Waals surface area contributed by atoms with Crippen LogP contribution in [-0.2, 0) is 0 Å². The van der Waals surface area contributed by atoms with Gasteiger partial charge in [0.2, 0.25) is 0 Å². The number of anilines is 1. The van der Waals surface area contributed by atoms with Gasteiger partial charge in [0, 0.05) is 23.3 Å². The molecule has 0 unspecified atom stereocenters. The fraction of sp³-hybridized carbons (Fsp3) is 0.231. The molecule has 0 aliphatic carbocycles. The van der Waals surface area contributed by atoms with Gasteiger partial charge in [-0.25, -0.2) is 4.79 Å². The Morgan fingerprint density at radius 1 is 1.44 bits per heavy atom.